The van der Waals surface area contributed by atoms with E-state index in [1.54, 1.807) is 0 Å². The van der Waals surface area contributed by atoms with E-state index in [1.807, 2.05) is 27.7 Å². The number of rotatable bonds is 0. The molecule has 0 bridgehead atoms. The fraction of sp³-hybridized carbons (Fsp3) is 0.900. The molecule has 1 aliphatic heterocycles. The van der Waals surface area contributed by atoms with Crippen LogP contribution in [0.2, 0.25) is 0 Å². The van der Waals surface area contributed by atoms with E-state index >= 15 is 0 Å². The number of piperidine rings is 1. The number of nitriles is 1. The van der Waals surface area contributed by atoms with Crippen molar-refractivity contribution in [2.45, 2.75) is 51.6 Å². The van der Waals surface area contributed by atoms with Gasteiger partial charge in [0.25, 0.3) is 0 Å². The van der Waals surface area contributed by atoms with E-state index in [2.05, 4.69) is 6.07 Å². The van der Waals surface area contributed by atoms with Gasteiger partial charge in [0.15, 0.2) is 0 Å². The molecule has 0 aliphatic carbocycles. The average molecular weight is 182 g/mol. The minimum atomic E-state index is -0.317. The molecule has 0 saturated carbocycles. The van der Waals surface area contributed by atoms with Crippen LogP contribution in [0, 0.1) is 22.5 Å². The van der Waals surface area contributed by atoms with E-state index in [1.165, 1.54) is 0 Å². The summed E-state index contributed by atoms with van der Waals surface area (Å²) in [6.07, 6.45) is 1.43. The van der Waals surface area contributed by atoms with Gasteiger partial charge >= 0.3 is 0 Å². The van der Waals surface area contributed by atoms with Gasteiger partial charge in [-0.1, -0.05) is 0 Å². The predicted molar refractivity (Wildman–Crippen MR) is 50.8 cm³/mol. The molecule has 3 nitrogen and oxygen atoms in total. The average Bonchev–Trinajstić information content (AvgIpc) is 1.99. The molecule has 74 valence electrons. The lowest BCUT2D eigenvalue weighted by Crippen LogP contribution is -3.23. The van der Waals surface area contributed by atoms with Crippen molar-refractivity contribution in [2.24, 2.45) is 5.92 Å². The first-order valence-electron chi connectivity index (χ1n) is 4.74. The van der Waals surface area contributed by atoms with Gasteiger partial charge in [0, 0.05) is 12.8 Å². The van der Waals surface area contributed by atoms with E-state index < -0.39 is 0 Å². The number of hydrogen-bond donors (Lipinski definition) is 1. The summed E-state index contributed by atoms with van der Waals surface area (Å²) < 4.78 is 0. The fourth-order valence-electron chi connectivity index (χ4n) is 2.50. The van der Waals surface area contributed by atoms with Gasteiger partial charge in [0.2, 0.25) is 0 Å². The largest absolute Gasteiger partial charge is 0.634 e. The van der Waals surface area contributed by atoms with Crippen molar-refractivity contribution in [3.63, 3.8) is 0 Å². The Morgan fingerprint density at radius 2 is 1.62 bits per heavy atom. The lowest BCUT2D eigenvalue weighted by molar-refractivity contribution is -0.956. The first-order chi connectivity index (χ1) is 5.79. The van der Waals surface area contributed by atoms with Crippen LogP contribution < -0.4 is 5.06 Å². The predicted octanol–water partition coefficient (Wildman–Crippen LogP) is 0.860. The second-order valence-corrected chi connectivity index (χ2v) is 5.33. The smallest absolute Gasteiger partial charge is 0.0933 e. The third kappa shape index (κ3) is 1.84. The second kappa shape index (κ2) is 2.97. The van der Waals surface area contributed by atoms with Gasteiger partial charge in [-0.3, -0.25) is 0 Å². The molecule has 0 atom stereocenters. The molecule has 0 aromatic rings. The highest BCUT2D eigenvalue weighted by Gasteiger charge is 2.45. The lowest BCUT2D eigenvalue weighted by atomic mass is 9.76. The van der Waals surface area contributed by atoms with Crippen molar-refractivity contribution in [2.75, 3.05) is 0 Å². The molecule has 1 aliphatic rings. The van der Waals surface area contributed by atoms with E-state index in [9.17, 15) is 5.21 Å². The zero-order chi connectivity index (χ0) is 10.3. The minimum absolute atomic E-state index is 0.0442. The minimum Gasteiger partial charge on any atom is -0.634 e. The Morgan fingerprint density at radius 3 is 1.92 bits per heavy atom. The molecule has 1 fully saturated rings. The van der Waals surface area contributed by atoms with E-state index in [0.29, 0.717) is 17.9 Å². The molecule has 0 amide bonds. The van der Waals surface area contributed by atoms with Gasteiger partial charge in [-0.05, 0) is 27.7 Å². The van der Waals surface area contributed by atoms with E-state index in [0.717, 1.165) is 0 Å². The molecule has 13 heavy (non-hydrogen) atoms. The summed E-state index contributed by atoms with van der Waals surface area (Å²) in [5, 5.41) is 21.1. The maximum Gasteiger partial charge on any atom is 0.0933 e. The summed E-state index contributed by atoms with van der Waals surface area (Å²) in [6, 6.07) is 2.28. The van der Waals surface area contributed by atoms with Gasteiger partial charge in [0.05, 0.1) is 23.1 Å². The van der Waals surface area contributed by atoms with Crippen molar-refractivity contribution in [1.82, 2.24) is 0 Å². The van der Waals surface area contributed by atoms with Crippen LogP contribution in [-0.4, -0.2) is 11.1 Å². The van der Waals surface area contributed by atoms with Crippen LogP contribution >= 0.6 is 0 Å². The molecule has 0 radical (unpaired) electrons. The number of nitrogens with zero attached hydrogens (tertiary/aromatic N) is 1. The molecule has 1 saturated heterocycles. The first kappa shape index (κ1) is 10.5. The Balaban J connectivity index is 2.90. The summed E-state index contributed by atoms with van der Waals surface area (Å²) in [5.41, 5.74) is -0.635. The van der Waals surface area contributed by atoms with Gasteiger partial charge in [-0.2, -0.15) is 5.26 Å². The molecule has 0 aromatic heterocycles. The molecule has 1 rings (SSSR count). The molecular weight excluding hydrogens is 164 g/mol. The lowest BCUT2D eigenvalue weighted by Gasteiger charge is -2.53. The molecule has 0 spiro atoms. The van der Waals surface area contributed by atoms with Gasteiger partial charge < -0.3 is 10.3 Å². The number of quaternary nitrogens is 1. The van der Waals surface area contributed by atoms with Crippen molar-refractivity contribution in [1.29, 1.82) is 5.26 Å². The van der Waals surface area contributed by atoms with Crippen LogP contribution in [0.1, 0.15) is 40.5 Å². The summed E-state index contributed by atoms with van der Waals surface area (Å²) in [6.45, 7) is 7.78. The number of nitrogens with one attached hydrogen (secondary N) is 1. The van der Waals surface area contributed by atoms with Crippen LogP contribution in [0.25, 0.3) is 0 Å². The highest BCUT2D eigenvalue weighted by molar-refractivity contribution is 4.95. The molecule has 1 N–H and O–H groups in total. The third-order valence-corrected chi connectivity index (χ3v) is 2.93. The van der Waals surface area contributed by atoms with Crippen LogP contribution in [0.15, 0.2) is 0 Å². The monoisotopic (exact) mass is 182 g/mol. The zero-order valence-corrected chi connectivity index (χ0v) is 8.85. The number of hydrogen-bond acceptors (Lipinski definition) is 2. The summed E-state index contributed by atoms with van der Waals surface area (Å²) in [5.74, 6) is 0.0442. The summed E-state index contributed by atoms with van der Waals surface area (Å²) in [7, 11) is 0. The van der Waals surface area contributed by atoms with Gasteiger partial charge in [0.1, 0.15) is 0 Å². The normalized spacial score (nSPS) is 36.6. The molecule has 0 aromatic carbocycles. The van der Waals surface area contributed by atoms with Crippen LogP contribution in [0.4, 0.5) is 0 Å². The SMILES string of the molecule is CC1(C)CC(C#N)CC(C)(C)[NH+]1[O-]. The van der Waals surface area contributed by atoms with Crippen LogP contribution in [-0.2, 0) is 0 Å². The highest BCUT2D eigenvalue weighted by Crippen LogP contribution is 2.27. The van der Waals surface area contributed by atoms with Gasteiger partial charge in [-0.25, -0.2) is 0 Å². The van der Waals surface area contributed by atoms with E-state index in [4.69, 9.17) is 5.26 Å². The van der Waals surface area contributed by atoms with E-state index in [-0.39, 0.29) is 17.0 Å². The topological polar surface area (TPSA) is 51.3 Å². The molecule has 1 heterocycles. The van der Waals surface area contributed by atoms with Gasteiger partial charge in [-0.15, -0.1) is 0 Å². The maximum absolute atomic E-state index is 11.9. The zero-order valence-electron chi connectivity index (χ0n) is 8.85. The maximum atomic E-state index is 11.9. The van der Waals surface area contributed by atoms with Crippen molar-refractivity contribution in [3.05, 3.63) is 5.21 Å². The summed E-state index contributed by atoms with van der Waals surface area (Å²) in [4.78, 5) is 0. The Bertz CT molecular complexity index is 222. The van der Waals surface area contributed by atoms with Crippen molar-refractivity contribution < 1.29 is 5.06 Å². The standard InChI is InChI=1S/C10H18N2O/c1-9(2)5-8(7-11)6-10(3,4)12(9)13/h8,12H,5-6H2,1-4H3. The fourth-order valence-corrected chi connectivity index (χ4v) is 2.50. The third-order valence-electron chi connectivity index (χ3n) is 2.93. The van der Waals surface area contributed by atoms with Crippen molar-refractivity contribution >= 4 is 0 Å². The Kier molecular flexibility index (Phi) is 2.40. The number of hydroxylamine groups is 2. The second-order valence-electron chi connectivity index (χ2n) is 5.33. The molecule has 0 unspecified atom stereocenters. The van der Waals surface area contributed by atoms with Crippen LogP contribution in [0.3, 0.4) is 0 Å². The van der Waals surface area contributed by atoms with Crippen molar-refractivity contribution in [3.8, 4) is 6.07 Å². The Morgan fingerprint density at radius 1 is 1.23 bits per heavy atom. The first-order valence-corrected chi connectivity index (χ1v) is 4.74. The summed E-state index contributed by atoms with van der Waals surface area (Å²) >= 11 is 0. The van der Waals surface area contributed by atoms with Crippen LogP contribution in [0.5, 0.6) is 0 Å². The quantitative estimate of drug-likeness (QED) is 0.565. The highest BCUT2D eigenvalue weighted by atomic mass is 16.5. The molecular formula is C10H18N2O. The Hall–Kier alpha value is -0.590. The Labute approximate surface area is 79.9 Å². The molecule has 3 heteroatoms.